The van der Waals surface area contributed by atoms with Crippen molar-refractivity contribution in [1.29, 1.82) is 0 Å². The number of rotatable bonds is 8. The summed E-state index contributed by atoms with van der Waals surface area (Å²) in [5, 5.41) is 16.4. The van der Waals surface area contributed by atoms with Crippen LogP contribution in [0.25, 0.3) is 11.4 Å². The molecule has 1 aromatic heterocycles. The highest BCUT2D eigenvalue weighted by molar-refractivity contribution is 5.74. The minimum absolute atomic E-state index is 0.0699. The smallest absolute Gasteiger partial charge is 0.321 e. The molecular formula is C24H25F2N3O3. The van der Waals surface area contributed by atoms with Crippen LogP contribution >= 0.6 is 0 Å². The SMILES string of the molecule is Cc1ccc(CNC(Cc2ccc(-c3noc(C4CCCC4)n3)c(F)c2)C(=O)O)cc1F. The summed E-state index contributed by atoms with van der Waals surface area (Å²) in [5.74, 6) is -0.962. The van der Waals surface area contributed by atoms with Crippen LogP contribution in [0.2, 0.25) is 0 Å². The van der Waals surface area contributed by atoms with Gasteiger partial charge in [-0.05, 0) is 61.1 Å². The fourth-order valence-electron chi connectivity index (χ4n) is 4.02. The van der Waals surface area contributed by atoms with Gasteiger partial charge in [-0.15, -0.1) is 0 Å². The quantitative estimate of drug-likeness (QED) is 0.524. The number of carbonyl (C=O) groups is 1. The summed E-state index contributed by atoms with van der Waals surface area (Å²) in [7, 11) is 0. The van der Waals surface area contributed by atoms with Crippen LogP contribution in [-0.4, -0.2) is 27.3 Å². The van der Waals surface area contributed by atoms with E-state index in [4.69, 9.17) is 4.52 Å². The zero-order valence-corrected chi connectivity index (χ0v) is 17.8. The standard InChI is InChI=1S/C24H25F2N3O3/c1-14-6-7-16(11-19(14)25)13-27-21(24(30)31)12-15-8-9-18(20(26)10-15)22-28-23(32-29-22)17-4-2-3-5-17/h6-11,17,21,27H,2-5,12-13H2,1H3,(H,30,31). The highest BCUT2D eigenvalue weighted by atomic mass is 19.1. The first kappa shape index (κ1) is 22.1. The van der Waals surface area contributed by atoms with Crippen molar-refractivity contribution >= 4 is 5.97 Å². The molecule has 0 saturated heterocycles. The maximum atomic E-state index is 14.8. The third-order valence-electron chi connectivity index (χ3n) is 5.95. The average molecular weight is 441 g/mol. The van der Waals surface area contributed by atoms with Crippen molar-refractivity contribution in [2.45, 2.75) is 57.5 Å². The molecule has 2 N–H and O–H groups in total. The van der Waals surface area contributed by atoms with Crippen LogP contribution in [0, 0.1) is 18.6 Å². The van der Waals surface area contributed by atoms with Crippen LogP contribution in [0.4, 0.5) is 8.78 Å². The second-order valence-electron chi connectivity index (χ2n) is 8.31. The van der Waals surface area contributed by atoms with Crippen LogP contribution in [0.15, 0.2) is 40.9 Å². The molecule has 2 aromatic carbocycles. The Kier molecular flexibility index (Phi) is 6.60. The lowest BCUT2D eigenvalue weighted by Crippen LogP contribution is -2.38. The number of halogens is 2. The molecule has 1 aliphatic carbocycles. The van der Waals surface area contributed by atoms with Crippen LogP contribution in [0.5, 0.6) is 0 Å². The van der Waals surface area contributed by atoms with Gasteiger partial charge in [0.15, 0.2) is 0 Å². The zero-order valence-electron chi connectivity index (χ0n) is 17.8. The van der Waals surface area contributed by atoms with Crippen molar-refractivity contribution < 1.29 is 23.2 Å². The van der Waals surface area contributed by atoms with E-state index in [1.54, 1.807) is 31.2 Å². The topological polar surface area (TPSA) is 88.3 Å². The maximum Gasteiger partial charge on any atom is 0.321 e. The van der Waals surface area contributed by atoms with Crippen molar-refractivity contribution in [3.8, 4) is 11.4 Å². The molecular weight excluding hydrogens is 416 g/mol. The number of aliphatic carboxylic acids is 1. The average Bonchev–Trinajstić information content (AvgIpc) is 3.45. The van der Waals surface area contributed by atoms with Crippen molar-refractivity contribution in [2.75, 3.05) is 0 Å². The Bertz CT molecular complexity index is 1110. The minimum Gasteiger partial charge on any atom is -0.480 e. The van der Waals surface area contributed by atoms with E-state index in [-0.39, 0.29) is 36.1 Å². The molecule has 0 amide bonds. The molecule has 1 unspecified atom stereocenters. The normalized spacial score (nSPS) is 15.2. The van der Waals surface area contributed by atoms with Crippen LogP contribution in [0.1, 0.15) is 54.2 Å². The maximum absolute atomic E-state index is 14.8. The molecule has 1 fully saturated rings. The van der Waals surface area contributed by atoms with Gasteiger partial charge in [-0.3, -0.25) is 4.79 Å². The lowest BCUT2D eigenvalue weighted by molar-refractivity contribution is -0.139. The summed E-state index contributed by atoms with van der Waals surface area (Å²) in [5.41, 5.74) is 1.89. The summed E-state index contributed by atoms with van der Waals surface area (Å²) in [4.78, 5) is 16.0. The molecule has 6 nitrogen and oxygen atoms in total. The Morgan fingerprint density at radius 3 is 2.56 bits per heavy atom. The van der Waals surface area contributed by atoms with E-state index in [0.29, 0.717) is 22.6 Å². The summed E-state index contributed by atoms with van der Waals surface area (Å²) >= 11 is 0. The number of aromatic nitrogens is 2. The third-order valence-corrected chi connectivity index (χ3v) is 5.95. The van der Waals surface area contributed by atoms with E-state index in [1.807, 2.05) is 0 Å². The zero-order chi connectivity index (χ0) is 22.7. The largest absolute Gasteiger partial charge is 0.480 e. The molecule has 8 heteroatoms. The predicted molar refractivity (Wildman–Crippen MR) is 114 cm³/mol. The van der Waals surface area contributed by atoms with Crippen molar-refractivity contribution in [2.24, 2.45) is 0 Å². The summed E-state index contributed by atoms with van der Waals surface area (Å²) < 4.78 is 33.8. The van der Waals surface area contributed by atoms with Gasteiger partial charge in [0, 0.05) is 12.5 Å². The van der Waals surface area contributed by atoms with Gasteiger partial charge < -0.3 is 14.9 Å². The number of carboxylic acids is 1. The Balaban J connectivity index is 1.43. The van der Waals surface area contributed by atoms with Crippen molar-refractivity contribution in [3.63, 3.8) is 0 Å². The van der Waals surface area contributed by atoms with Gasteiger partial charge >= 0.3 is 5.97 Å². The molecule has 1 heterocycles. The number of nitrogens with zero attached hydrogens (tertiary/aromatic N) is 2. The molecule has 1 saturated carbocycles. The van der Waals surface area contributed by atoms with Gasteiger partial charge in [-0.2, -0.15) is 4.98 Å². The number of hydrogen-bond donors (Lipinski definition) is 2. The first-order chi connectivity index (χ1) is 15.4. The second kappa shape index (κ2) is 9.56. The molecule has 1 atom stereocenters. The highest BCUT2D eigenvalue weighted by Crippen LogP contribution is 2.34. The fourth-order valence-corrected chi connectivity index (χ4v) is 4.02. The van der Waals surface area contributed by atoms with E-state index in [2.05, 4.69) is 15.5 Å². The predicted octanol–water partition coefficient (Wildman–Crippen LogP) is 4.77. The van der Waals surface area contributed by atoms with Gasteiger partial charge in [-0.1, -0.05) is 36.2 Å². The summed E-state index contributed by atoms with van der Waals surface area (Å²) in [6.07, 6.45) is 4.33. The number of carboxylic acid groups (broad SMARTS) is 1. The van der Waals surface area contributed by atoms with Gasteiger partial charge in [0.25, 0.3) is 0 Å². The molecule has 0 aliphatic heterocycles. The number of aryl methyl sites for hydroxylation is 1. The molecule has 0 radical (unpaired) electrons. The number of benzene rings is 2. The molecule has 0 spiro atoms. The molecule has 4 rings (SSSR count). The Hall–Kier alpha value is -3.13. The minimum atomic E-state index is -1.07. The van der Waals surface area contributed by atoms with Crippen molar-refractivity contribution in [1.82, 2.24) is 15.5 Å². The van der Waals surface area contributed by atoms with Crippen molar-refractivity contribution in [3.05, 3.63) is 70.6 Å². The van der Waals surface area contributed by atoms with Crippen LogP contribution < -0.4 is 5.32 Å². The molecule has 32 heavy (non-hydrogen) atoms. The van der Waals surface area contributed by atoms with E-state index in [9.17, 15) is 18.7 Å². The fraction of sp³-hybridized carbons (Fsp3) is 0.375. The third kappa shape index (κ3) is 5.02. The van der Waals surface area contributed by atoms with Gasteiger partial charge in [-0.25, -0.2) is 8.78 Å². The molecule has 168 valence electrons. The van der Waals surface area contributed by atoms with Gasteiger partial charge in [0.05, 0.1) is 5.56 Å². The van der Waals surface area contributed by atoms with Crippen LogP contribution in [0.3, 0.4) is 0 Å². The second-order valence-corrected chi connectivity index (χ2v) is 8.31. The number of hydrogen-bond acceptors (Lipinski definition) is 5. The van der Waals surface area contributed by atoms with Gasteiger partial charge in [0.2, 0.25) is 11.7 Å². The number of nitrogens with one attached hydrogen (secondary N) is 1. The molecule has 3 aromatic rings. The summed E-state index contributed by atoms with van der Waals surface area (Å²) in [6.45, 7) is 1.84. The monoisotopic (exact) mass is 441 g/mol. The van der Waals surface area contributed by atoms with E-state index in [0.717, 1.165) is 25.7 Å². The van der Waals surface area contributed by atoms with Crippen LogP contribution in [-0.2, 0) is 17.8 Å². The lowest BCUT2D eigenvalue weighted by atomic mass is 10.0. The molecule has 1 aliphatic rings. The van der Waals surface area contributed by atoms with E-state index < -0.39 is 17.8 Å². The first-order valence-corrected chi connectivity index (χ1v) is 10.7. The Morgan fingerprint density at radius 1 is 1.16 bits per heavy atom. The highest BCUT2D eigenvalue weighted by Gasteiger charge is 2.24. The van der Waals surface area contributed by atoms with Gasteiger partial charge in [0.1, 0.15) is 17.7 Å². The summed E-state index contributed by atoms with van der Waals surface area (Å²) in [6, 6.07) is 8.30. The first-order valence-electron chi connectivity index (χ1n) is 10.7. The van der Waals surface area contributed by atoms with E-state index in [1.165, 1.54) is 12.1 Å². The molecule has 0 bridgehead atoms. The Labute approximate surface area is 184 Å². The van der Waals surface area contributed by atoms with E-state index >= 15 is 0 Å². The Morgan fingerprint density at radius 2 is 1.88 bits per heavy atom. The lowest BCUT2D eigenvalue weighted by Gasteiger charge is -2.15.